The molecule has 0 aromatic heterocycles. The van der Waals surface area contributed by atoms with E-state index in [1.165, 1.54) is 0 Å². The molecule has 0 N–H and O–H groups in total. The van der Waals surface area contributed by atoms with Crippen molar-refractivity contribution >= 4 is 21.6 Å². The normalized spacial score (nSPS) is 18.9. The van der Waals surface area contributed by atoms with Gasteiger partial charge in [-0.2, -0.15) is 13.1 Å². The summed E-state index contributed by atoms with van der Waals surface area (Å²) < 4.78 is 47.7. The largest absolute Gasteiger partial charge is 0.350 e. The van der Waals surface area contributed by atoms with Gasteiger partial charge < -0.3 is 0 Å². The second-order valence-corrected chi connectivity index (χ2v) is 5.42. The Kier molecular flexibility index (Phi) is 4.09. The zero-order valence-corrected chi connectivity index (χ0v) is 9.07. The van der Waals surface area contributed by atoms with Gasteiger partial charge in [0.15, 0.2) is 0 Å². The van der Waals surface area contributed by atoms with Gasteiger partial charge in [0.25, 0.3) is 10.0 Å². The Balaban J connectivity index is 2.75. The molecule has 0 atom stereocenters. The predicted octanol–water partition coefficient (Wildman–Crippen LogP) is 1.63. The molecule has 3 nitrogen and oxygen atoms in total. The molecular formula is C7H12ClF2NO2S. The summed E-state index contributed by atoms with van der Waals surface area (Å²) >= 11 is 5.38. The van der Waals surface area contributed by atoms with E-state index >= 15 is 0 Å². The SMILES string of the molecule is O=S(=O)(C(F)F)N(CCCl)C1CCC1. The fourth-order valence-corrected chi connectivity index (χ4v) is 2.84. The molecule has 0 saturated heterocycles. The Morgan fingerprint density at radius 3 is 2.29 bits per heavy atom. The van der Waals surface area contributed by atoms with Gasteiger partial charge in [-0.15, -0.1) is 11.6 Å². The lowest BCUT2D eigenvalue weighted by molar-refractivity contribution is 0.183. The summed E-state index contributed by atoms with van der Waals surface area (Å²) in [5.41, 5.74) is 0. The van der Waals surface area contributed by atoms with Gasteiger partial charge in [-0.25, -0.2) is 8.42 Å². The minimum absolute atomic E-state index is 0.0289. The summed E-state index contributed by atoms with van der Waals surface area (Å²) in [6.45, 7) is -0.0289. The maximum atomic E-state index is 12.2. The van der Waals surface area contributed by atoms with Crippen LogP contribution in [0.1, 0.15) is 19.3 Å². The zero-order valence-electron chi connectivity index (χ0n) is 7.50. The molecule has 0 aromatic rings. The summed E-state index contributed by atoms with van der Waals surface area (Å²) in [4.78, 5) is 0. The first-order valence-corrected chi connectivity index (χ1v) is 6.38. The lowest BCUT2D eigenvalue weighted by Crippen LogP contribution is -2.47. The number of hydrogen-bond acceptors (Lipinski definition) is 2. The summed E-state index contributed by atoms with van der Waals surface area (Å²) in [7, 11) is -4.45. The van der Waals surface area contributed by atoms with Crippen LogP contribution >= 0.6 is 11.6 Å². The van der Waals surface area contributed by atoms with Crippen LogP contribution in [0, 0.1) is 0 Å². The van der Waals surface area contributed by atoms with Crippen LogP contribution in [-0.2, 0) is 10.0 Å². The number of sulfonamides is 1. The zero-order chi connectivity index (χ0) is 10.8. The molecule has 1 saturated carbocycles. The molecule has 0 amide bonds. The van der Waals surface area contributed by atoms with E-state index in [1.54, 1.807) is 0 Å². The molecule has 1 aliphatic carbocycles. The maximum Gasteiger partial charge on any atom is 0.350 e. The highest BCUT2D eigenvalue weighted by molar-refractivity contribution is 7.89. The van der Waals surface area contributed by atoms with Crippen LogP contribution in [0.5, 0.6) is 0 Å². The highest BCUT2D eigenvalue weighted by atomic mass is 35.5. The van der Waals surface area contributed by atoms with Gasteiger partial charge in [-0.05, 0) is 12.8 Å². The maximum absolute atomic E-state index is 12.2. The monoisotopic (exact) mass is 247 g/mol. The Labute approximate surface area is 87.1 Å². The third-order valence-corrected chi connectivity index (χ3v) is 4.09. The van der Waals surface area contributed by atoms with Gasteiger partial charge in [0.05, 0.1) is 0 Å². The first-order valence-electron chi connectivity index (χ1n) is 4.35. The van der Waals surface area contributed by atoms with Crippen molar-refractivity contribution in [3.63, 3.8) is 0 Å². The van der Waals surface area contributed by atoms with Crippen molar-refractivity contribution in [1.82, 2.24) is 4.31 Å². The topological polar surface area (TPSA) is 37.4 Å². The van der Waals surface area contributed by atoms with Crippen LogP contribution in [0.15, 0.2) is 0 Å². The van der Waals surface area contributed by atoms with E-state index in [-0.39, 0.29) is 18.5 Å². The Morgan fingerprint density at radius 1 is 1.43 bits per heavy atom. The Bertz CT molecular complexity index is 279. The van der Waals surface area contributed by atoms with Crippen molar-refractivity contribution < 1.29 is 17.2 Å². The number of hydrogen-bond donors (Lipinski definition) is 0. The molecule has 1 rings (SSSR count). The average molecular weight is 248 g/mol. The molecule has 0 heterocycles. The van der Waals surface area contributed by atoms with Gasteiger partial charge >= 0.3 is 5.76 Å². The molecule has 84 valence electrons. The summed E-state index contributed by atoms with van der Waals surface area (Å²) in [5, 5.41) is 0. The minimum atomic E-state index is -4.45. The molecule has 0 unspecified atom stereocenters. The highest BCUT2D eigenvalue weighted by Crippen LogP contribution is 2.28. The first kappa shape index (κ1) is 12.1. The molecule has 0 spiro atoms. The van der Waals surface area contributed by atoms with Crippen LogP contribution in [0.3, 0.4) is 0 Å². The van der Waals surface area contributed by atoms with Crippen LogP contribution in [0.2, 0.25) is 0 Å². The highest BCUT2D eigenvalue weighted by Gasteiger charge is 2.38. The fraction of sp³-hybridized carbons (Fsp3) is 1.00. The van der Waals surface area contributed by atoms with E-state index in [0.717, 1.165) is 10.7 Å². The predicted molar refractivity (Wildman–Crippen MR) is 50.0 cm³/mol. The van der Waals surface area contributed by atoms with Gasteiger partial charge in [0.2, 0.25) is 0 Å². The summed E-state index contributed by atoms with van der Waals surface area (Å²) in [6.07, 6.45) is 2.20. The Morgan fingerprint density at radius 2 is 2.00 bits per heavy atom. The molecule has 0 radical (unpaired) electrons. The van der Waals surface area contributed by atoms with Crippen molar-refractivity contribution in [3.05, 3.63) is 0 Å². The van der Waals surface area contributed by atoms with Crippen molar-refractivity contribution in [2.45, 2.75) is 31.1 Å². The summed E-state index contributed by atoms with van der Waals surface area (Å²) in [5.74, 6) is -3.30. The molecule has 0 aliphatic heterocycles. The molecular weight excluding hydrogens is 236 g/mol. The van der Waals surface area contributed by atoms with Crippen LogP contribution in [-0.4, -0.2) is 36.9 Å². The van der Waals surface area contributed by atoms with Gasteiger partial charge in [-0.1, -0.05) is 6.42 Å². The standard InChI is InChI=1S/C7H12ClF2NO2S/c8-4-5-11(6-2-1-3-6)14(12,13)7(9)10/h6-7H,1-5H2. The third-order valence-electron chi connectivity index (χ3n) is 2.34. The second kappa shape index (κ2) is 4.72. The van der Waals surface area contributed by atoms with Crippen molar-refractivity contribution in [3.8, 4) is 0 Å². The molecule has 14 heavy (non-hydrogen) atoms. The van der Waals surface area contributed by atoms with Crippen molar-refractivity contribution in [2.24, 2.45) is 0 Å². The molecule has 7 heteroatoms. The van der Waals surface area contributed by atoms with E-state index < -0.39 is 15.8 Å². The third kappa shape index (κ3) is 2.35. The van der Waals surface area contributed by atoms with Gasteiger partial charge in [0, 0.05) is 18.5 Å². The van der Waals surface area contributed by atoms with E-state index in [4.69, 9.17) is 11.6 Å². The molecule has 0 bridgehead atoms. The quantitative estimate of drug-likeness (QED) is 0.693. The van der Waals surface area contributed by atoms with Gasteiger partial charge in [0.1, 0.15) is 0 Å². The summed E-state index contributed by atoms with van der Waals surface area (Å²) in [6, 6.07) is -0.271. The van der Waals surface area contributed by atoms with Crippen LogP contribution in [0.25, 0.3) is 0 Å². The lowest BCUT2D eigenvalue weighted by Gasteiger charge is -2.35. The first-order chi connectivity index (χ1) is 6.50. The van der Waals surface area contributed by atoms with E-state index in [1.807, 2.05) is 0 Å². The van der Waals surface area contributed by atoms with Crippen molar-refractivity contribution in [1.29, 1.82) is 0 Å². The van der Waals surface area contributed by atoms with E-state index in [0.29, 0.717) is 12.8 Å². The fourth-order valence-electron chi connectivity index (χ4n) is 1.38. The number of nitrogens with zero attached hydrogens (tertiary/aromatic N) is 1. The van der Waals surface area contributed by atoms with Gasteiger partial charge in [-0.3, -0.25) is 0 Å². The molecule has 0 aromatic carbocycles. The minimum Gasteiger partial charge on any atom is -0.206 e. The second-order valence-electron chi connectivity index (χ2n) is 3.19. The van der Waals surface area contributed by atoms with Crippen LogP contribution < -0.4 is 0 Å². The molecule has 1 fully saturated rings. The average Bonchev–Trinajstić information content (AvgIpc) is 2.00. The lowest BCUT2D eigenvalue weighted by atomic mass is 9.93. The number of alkyl halides is 3. The Hall–Kier alpha value is 0.0600. The number of halogens is 3. The van der Waals surface area contributed by atoms with E-state index in [9.17, 15) is 17.2 Å². The molecule has 1 aliphatic rings. The smallest absolute Gasteiger partial charge is 0.206 e. The van der Waals surface area contributed by atoms with Crippen LogP contribution in [0.4, 0.5) is 8.78 Å². The van der Waals surface area contributed by atoms with Crippen molar-refractivity contribution in [2.75, 3.05) is 12.4 Å². The van der Waals surface area contributed by atoms with E-state index in [2.05, 4.69) is 0 Å². The number of rotatable bonds is 5.